The zero-order valence-electron chi connectivity index (χ0n) is 12.1. The number of anilines is 1. The highest BCUT2D eigenvalue weighted by Crippen LogP contribution is 2.15. The van der Waals surface area contributed by atoms with Crippen molar-refractivity contribution in [1.29, 1.82) is 0 Å². The maximum absolute atomic E-state index is 12.2. The molecule has 110 valence electrons. The number of nitrogens with zero attached hydrogens (tertiary/aromatic N) is 2. The van der Waals surface area contributed by atoms with Gasteiger partial charge in [-0.25, -0.2) is 4.79 Å². The second-order valence-corrected chi connectivity index (χ2v) is 6.13. The molecule has 1 aliphatic heterocycles. The standard InChI is InChI=1S/C15H22BrN3O/c1-3-12(2)18-8-10-19(11-9-18)15(20)17-14-6-4-13(16)5-7-14/h4-7,12H,3,8-11H2,1-2H3,(H,17,20). The number of hydrogen-bond acceptors (Lipinski definition) is 2. The molecule has 1 N–H and O–H groups in total. The number of nitrogens with one attached hydrogen (secondary N) is 1. The monoisotopic (exact) mass is 339 g/mol. The molecule has 2 amide bonds. The van der Waals surface area contributed by atoms with Crippen molar-refractivity contribution in [2.45, 2.75) is 26.3 Å². The molecule has 5 heteroatoms. The highest BCUT2D eigenvalue weighted by atomic mass is 79.9. The van der Waals surface area contributed by atoms with Crippen molar-refractivity contribution >= 4 is 27.6 Å². The molecule has 1 fully saturated rings. The molecule has 1 aromatic rings. The fraction of sp³-hybridized carbons (Fsp3) is 0.533. The molecule has 0 bridgehead atoms. The minimum atomic E-state index is -0.00359. The van der Waals surface area contributed by atoms with Gasteiger partial charge in [-0.2, -0.15) is 0 Å². The van der Waals surface area contributed by atoms with Gasteiger partial charge in [0.15, 0.2) is 0 Å². The van der Waals surface area contributed by atoms with Crippen LogP contribution < -0.4 is 5.32 Å². The molecule has 1 aromatic carbocycles. The summed E-state index contributed by atoms with van der Waals surface area (Å²) in [6.45, 7) is 7.97. The van der Waals surface area contributed by atoms with Crippen molar-refractivity contribution in [2.75, 3.05) is 31.5 Å². The Morgan fingerprint density at radius 3 is 2.40 bits per heavy atom. The van der Waals surface area contributed by atoms with Crippen molar-refractivity contribution in [3.8, 4) is 0 Å². The molecule has 0 radical (unpaired) electrons. The van der Waals surface area contributed by atoms with Crippen molar-refractivity contribution < 1.29 is 4.79 Å². The van der Waals surface area contributed by atoms with E-state index in [4.69, 9.17) is 0 Å². The third kappa shape index (κ3) is 3.96. The lowest BCUT2D eigenvalue weighted by molar-refractivity contribution is 0.117. The number of rotatable bonds is 3. The minimum Gasteiger partial charge on any atom is -0.322 e. The topological polar surface area (TPSA) is 35.6 Å². The number of amides is 2. The predicted molar refractivity (Wildman–Crippen MR) is 86.1 cm³/mol. The number of carbonyl (C=O) groups is 1. The zero-order valence-corrected chi connectivity index (χ0v) is 13.7. The van der Waals surface area contributed by atoms with Crippen LogP contribution in [0.5, 0.6) is 0 Å². The summed E-state index contributed by atoms with van der Waals surface area (Å²) in [5, 5.41) is 2.94. The van der Waals surface area contributed by atoms with Crippen LogP contribution in [0, 0.1) is 0 Å². The predicted octanol–water partition coefficient (Wildman–Crippen LogP) is 3.40. The van der Waals surface area contributed by atoms with Crippen molar-refractivity contribution in [1.82, 2.24) is 9.80 Å². The van der Waals surface area contributed by atoms with Crippen LogP contribution in [-0.4, -0.2) is 48.1 Å². The van der Waals surface area contributed by atoms with Gasteiger partial charge in [-0.1, -0.05) is 22.9 Å². The Hall–Kier alpha value is -1.07. The van der Waals surface area contributed by atoms with Gasteiger partial charge in [0, 0.05) is 42.4 Å². The normalized spacial score (nSPS) is 17.9. The molecule has 1 unspecified atom stereocenters. The molecular formula is C15H22BrN3O. The van der Waals surface area contributed by atoms with Gasteiger partial charge in [-0.05, 0) is 37.6 Å². The molecule has 2 rings (SSSR count). The van der Waals surface area contributed by atoms with Crippen LogP contribution in [0.3, 0.4) is 0 Å². The zero-order chi connectivity index (χ0) is 14.5. The SMILES string of the molecule is CCC(C)N1CCN(C(=O)Nc2ccc(Br)cc2)CC1. The summed E-state index contributed by atoms with van der Waals surface area (Å²) in [6, 6.07) is 8.25. The Balaban J connectivity index is 1.84. The van der Waals surface area contributed by atoms with E-state index in [0.717, 1.165) is 42.8 Å². The van der Waals surface area contributed by atoms with Crippen LogP contribution in [-0.2, 0) is 0 Å². The van der Waals surface area contributed by atoms with Crippen LogP contribution in [0.15, 0.2) is 28.7 Å². The first kappa shape index (κ1) is 15.3. The van der Waals surface area contributed by atoms with E-state index in [1.807, 2.05) is 29.2 Å². The van der Waals surface area contributed by atoms with Gasteiger partial charge in [0.2, 0.25) is 0 Å². The average molecular weight is 340 g/mol. The first-order chi connectivity index (χ1) is 9.60. The molecule has 0 aliphatic carbocycles. The van der Waals surface area contributed by atoms with Gasteiger partial charge in [-0.3, -0.25) is 4.90 Å². The van der Waals surface area contributed by atoms with E-state index in [1.165, 1.54) is 0 Å². The Bertz CT molecular complexity index is 441. The maximum Gasteiger partial charge on any atom is 0.321 e. The molecule has 1 saturated heterocycles. The molecule has 20 heavy (non-hydrogen) atoms. The Labute approximate surface area is 129 Å². The highest BCUT2D eigenvalue weighted by molar-refractivity contribution is 9.10. The van der Waals surface area contributed by atoms with Gasteiger partial charge < -0.3 is 10.2 Å². The molecule has 0 aromatic heterocycles. The Morgan fingerprint density at radius 1 is 1.25 bits per heavy atom. The molecule has 0 saturated carbocycles. The number of carbonyl (C=O) groups excluding carboxylic acids is 1. The minimum absolute atomic E-state index is 0.00359. The smallest absolute Gasteiger partial charge is 0.321 e. The third-order valence-corrected chi connectivity index (χ3v) is 4.44. The summed E-state index contributed by atoms with van der Waals surface area (Å²) in [7, 11) is 0. The first-order valence-corrected chi connectivity index (χ1v) is 7.95. The van der Waals surface area contributed by atoms with Crippen molar-refractivity contribution in [3.05, 3.63) is 28.7 Å². The summed E-state index contributed by atoms with van der Waals surface area (Å²) in [5.41, 5.74) is 0.836. The molecule has 1 aliphatic rings. The molecule has 0 spiro atoms. The van der Waals surface area contributed by atoms with Crippen molar-refractivity contribution in [2.24, 2.45) is 0 Å². The van der Waals surface area contributed by atoms with Crippen LogP contribution >= 0.6 is 15.9 Å². The van der Waals surface area contributed by atoms with Crippen LogP contribution in [0.25, 0.3) is 0 Å². The van der Waals surface area contributed by atoms with E-state index in [9.17, 15) is 4.79 Å². The lowest BCUT2D eigenvalue weighted by Crippen LogP contribution is -2.52. The summed E-state index contributed by atoms with van der Waals surface area (Å²) < 4.78 is 1.01. The maximum atomic E-state index is 12.2. The van der Waals surface area contributed by atoms with Crippen molar-refractivity contribution in [3.63, 3.8) is 0 Å². The summed E-state index contributed by atoms with van der Waals surface area (Å²) >= 11 is 3.39. The third-order valence-electron chi connectivity index (χ3n) is 3.91. The summed E-state index contributed by atoms with van der Waals surface area (Å²) in [6.07, 6.45) is 1.16. The van der Waals surface area contributed by atoms with E-state index in [-0.39, 0.29) is 6.03 Å². The van der Waals surface area contributed by atoms with E-state index >= 15 is 0 Å². The van der Waals surface area contributed by atoms with Gasteiger partial charge in [0.25, 0.3) is 0 Å². The van der Waals surface area contributed by atoms with E-state index in [1.54, 1.807) is 0 Å². The summed E-state index contributed by atoms with van der Waals surface area (Å²) in [4.78, 5) is 16.5. The van der Waals surface area contributed by atoms with Gasteiger partial charge >= 0.3 is 6.03 Å². The van der Waals surface area contributed by atoms with Crippen LogP contribution in [0.1, 0.15) is 20.3 Å². The fourth-order valence-corrected chi connectivity index (χ4v) is 2.62. The first-order valence-electron chi connectivity index (χ1n) is 7.15. The van der Waals surface area contributed by atoms with Gasteiger partial charge in [0.1, 0.15) is 0 Å². The lowest BCUT2D eigenvalue weighted by atomic mass is 10.2. The summed E-state index contributed by atoms with van der Waals surface area (Å²) in [5.74, 6) is 0. The molecule has 1 atom stereocenters. The lowest BCUT2D eigenvalue weighted by Gasteiger charge is -2.37. The second kappa shape index (κ2) is 7.09. The Morgan fingerprint density at radius 2 is 1.85 bits per heavy atom. The number of hydrogen-bond donors (Lipinski definition) is 1. The van der Waals surface area contributed by atoms with Gasteiger partial charge in [-0.15, -0.1) is 0 Å². The van der Waals surface area contributed by atoms with E-state index in [0.29, 0.717) is 6.04 Å². The number of piperazine rings is 1. The molecule has 4 nitrogen and oxygen atoms in total. The quantitative estimate of drug-likeness (QED) is 0.915. The highest BCUT2D eigenvalue weighted by Gasteiger charge is 2.23. The Kier molecular flexibility index (Phi) is 5.43. The second-order valence-electron chi connectivity index (χ2n) is 5.22. The van der Waals surface area contributed by atoms with Crippen LogP contribution in [0.2, 0.25) is 0 Å². The number of halogens is 1. The van der Waals surface area contributed by atoms with Gasteiger partial charge in [0.05, 0.1) is 0 Å². The van der Waals surface area contributed by atoms with E-state index in [2.05, 4.69) is 40.0 Å². The van der Waals surface area contributed by atoms with Crippen LogP contribution in [0.4, 0.5) is 10.5 Å². The largest absolute Gasteiger partial charge is 0.322 e. The fourth-order valence-electron chi connectivity index (χ4n) is 2.36. The van der Waals surface area contributed by atoms with E-state index < -0.39 is 0 Å². The average Bonchev–Trinajstić information content (AvgIpc) is 2.49. The molecular weight excluding hydrogens is 318 g/mol. The number of urea groups is 1. The molecule has 1 heterocycles. The number of benzene rings is 1.